The molecule has 2 rings (SSSR count). The van der Waals surface area contributed by atoms with Crippen LogP contribution >= 0.6 is 0 Å². The molecular weight excluding hydrogens is 188 g/mol. The average Bonchev–Trinajstić information content (AvgIpc) is 2.75. The Hall–Kier alpha value is -0.120. The van der Waals surface area contributed by atoms with Crippen molar-refractivity contribution in [1.29, 1.82) is 0 Å². The van der Waals surface area contributed by atoms with Gasteiger partial charge < -0.3 is 15.4 Å². The van der Waals surface area contributed by atoms with Gasteiger partial charge >= 0.3 is 0 Å². The highest BCUT2D eigenvalue weighted by Gasteiger charge is 2.27. The van der Waals surface area contributed by atoms with Crippen molar-refractivity contribution in [3.63, 3.8) is 0 Å². The Morgan fingerprint density at radius 2 is 1.93 bits per heavy atom. The molecule has 2 aliphatic rings. The van der Waals surface area contributed by atoms with E-state index in [4.69, 9.17) is 4.74 Å². The molecule has 3 nitrogen and oxygen atoms in total. The van der Waals surface area contributed by atoms with Crippen molar-refractivity contribution in [3.8, 4) is 0 Å². The summed E-state index contributed by atoms with van der Waals surface area (Å²) in [6, 6.07) is 1.33. The average molecular weight is 212 g/mol. The van der Waals surface area contributed by atoms with Crippen LogP contribution in [0.4, 0.5) is 0 Å². The predicted octanol–water partition coefficient (Wildman–Crippen LogP) is 1.14. The van der Waals surface area contributed by atoms with E-state index in [1.807, 2.05) is 7.05 Å². The summed E-state index contributed by atoms with van der Waals surface area (Å²) in [4.78, 5) is 0. The predicted molar refractivity (Wildman–Crippen MR) is 62.0 cm³/mol. The summed E-state index contributed by atoms with van der Waals surface area (Å²) in [6.45, 7) is 2.93. The molecule has 88 valence electrons. The topological polar surface area (TPSA) is 33.3 Å². The van der Waals surface area contributed by atoms with Crippen molar-refractivity contribution in [1.82, 2.24) is 10.6 Å². The Labute approximate surface area is 93.0 Å². The van der Waals surface area contributed by atoms with Crippen LogP contribution in [0, 0.1) is 5.92 Å². The molecule has 2 fully saturated rings. The lowest BCUT2D eigenvalue weighted by Gasteiger charge is -2.25. The zero-order chi connectivity index (χ0) is 10.5. The standard InChI is InChI=1S/C12H24N2O/c1-13-12-9-15-8-10(12)7-14-11-5-3-2-4-6-11/h10-14H,2-9H2,1H3. The van der Waals surface area contributed by atoms with E-state index in [-0.39, 0.29) is 0 Å². The largest absolute Gasteiger partial charge is 0.379 e. The monoisotopic (exact) mass is 212 g/mol. The fourth-order valence-electron chi connectivity index (χ4n) is 2.74. The van der Waals surface area contributed by atoms with Gasteiger partial charge in [0.2, 0.25) is 0 Å². The Kier molecular flexibility index (Phi) is 4.42. The molecule has 2 N–H and O–H groups in total. The van der Waals surface area contributed by atoms with Crippen molar-refractivity contribution in [2.75, 3.05) is 26.8 Å². The van der Waals surface area contributed by atoms with Crippen LogP contribution in [0.2, 0.25) is 0 Å². The summed E-state index contributed by atoms with van der Waals surface area (Å²) in [6.07, 6.45) is 7.00. The SMILES string of the molecule is CNC1COCC1CNC1CCCCC1. The highest BCUT2D eigenvalue weighted by molar-refractivity contribution is 4.83. The summed E-state index contributed by atoms with van der Waals surface area (Å²) in [5.74, 6) is 0.664. The Bertz CT molecular complexity index is 180. The van der Waals surface area contributed by atoms with Gasteiger partial charge in [-0.1, -0.05) is 19.3 Å². The van der Waals surface area contributed by atoms with E-state index >= 15 is 0 Å². The zero-order valence-corrected chi connectivity index (χ0v) is 9.80. The van der Waals surface area contributed by atoms with Crippen LogP contribution in [-0.4, -0.2) is 38.9 Å². The third-order valence-electron chi connectivity index (χ3n) is 3.84. The van der Waals surface area contributed by atoms with Crippen molar-refractivity contribution < 1.29 is 4.74 Å². The number of ether oxygens (including phenoxy) is 1. The fourth-order valence-corrected chi connectivity index (χ4v) is 2.74. The number of likely N-dealkylation sites (N-methyl/N-ethyl adjacent to an activating group) is 1. The van der Waals surface area contributed by atoms with E-state index in [2.05, 4.69) is 10.6 Å². The maximum absolute atomic E-state index is 5.50. The molecule has 1 saturated heterocycles. The summed E-state index contributed by atoms with van der Waals surface area (Å²) < 4.78 is 5.50. The van der Waals surface area contributed by atoms with Gasteiger partial charge in [-0.05, 0) is 19.9 Å². The van der Waals surface area contributed by atoms with Crippen molar-refractivity contribution in [2.24, 2.45) is 5.92 Å². The third kappa shape index (κ3) is 3.16. The Morgan fingerprint density at radius 1 is 1.13 bits per heavy atom. The van der Waals surface area contributed by atoms with Gasteiger partial charge in [-0.15, -0.1) is 0 Å². The maximum Gasteiger partial charge on any atom is 0.0623 e. The molecular formula is C12H24N2O. The van der Waals surface area contributed by atoms with Crippen molar-refractivity contribution in [2.45, 2.75) is 44.2 Å². The van der Waals surface area contributed by atoms with Gasteiger partial charge in [0.05, 0.1) is 13.2 Å². The zero-order valence-electron chi connectivity index (χ0n) is 9.80. The second kappa shape index (κ2) is 5.83. The third-order valence-corrected chi connectivity index (χ3v) is 3.84. The van der Waals surface area contributed by atoms with Gasteiger partial charge in [0.1, 0.15) is 0 Å². The van der Waals surface area contributed by atoms with Crippen LogP contribution in [0.3, 0.4) is 0 Å². The Balaban J connectivity index is 1.67. The minimum atomic E-state index is 0.557. The number of rotatable bonds is 4. The first kappa shape index (κ1) is 11.4. The number of hydrogen-bond acceptors (Lipinski definition) is 3. The molecule has 2 atom stereocenters. The van der Waals surface area contributed by atoms with Gasteiger partial charge in [0, 0.05) is 24.5 Å². The lowest BCUT2D eigenvalue weighted by molar-refractivity contribution is 0.181. The quantitative estimate of drug-likeness (QED) is 0.733. The molecule has 0 aromatic heterocycles. The van der Waals surface area contributed by atoms with Crippen molar-refractivity contribution in [3.05, 3.63) is 0 Å². The molecule has 1 saturated carbocycles. The normalized spacial score (nSPS) is 33.4. The fraction of sp³-hybridized carbons (Fsp3) is 1.00. The van der Waals surface area contributed by atoms with Crippen LogP contribution in [-0.2, 0) is 4.74 Å². The van der Waals surface area contributed by atoms with Crippen LogP contribution in [0.5, 0.6) is 0 Å². The molecule has 15 heavy (non-hydrogen) atoms. The maximum atomic E-state index is 5.50. The van der Waals surface area contributed by atoms with Crippen LogP contribution in [0.1, 0.15) is 32.1 Å². The molecule has 0 bridgehead atoms. The van der Waals surface area contributed by atoms with Crippen LogP contribution in [0.15, 0.2) is 0 Å². The molecule has 1 heterocycles. The molecule has 0 aromatic carbocycles. The first-order valence-electron chi connectivity index (χ1n) is 6.38. The lowest BCUT2D eigenvalue weighted by atomic mass is 9.94. The first-order valence-corrected chi connectivity index (χ1v) is 6.38. The second-order valence-corrected chi connectivity index (χ2v) is 4.94. The number of hydrogen-bond donors (Lipinski definition) is 2. The summed E-state index contributed by atoms with van der Waals surface area (Å²) in [5.41, 5.74) is 0. The van der Waals surface area contributed by atoms with E-state index < -0.39 is 0 Å². The minimum Gasteiger partial charge on any atom is -0.379 e. The van der Waals surface area contributed by atoms with Crippen LogP contribution in [0.25, 0.3) is 0 Å². The minimum absolute atomic E-state index is 0.557. The molecule has 0 radical (unpaired) electrons. The van der Waals surface area contributed by atoms with E-state index in [1.54, 1.807) is 0 Å². The van der Waals surface area contributed by atoms with Gasteiger partial charge in [-0.25, -0.2) is 0 Å². The van der Waals surface area contributed by atoms with Crippen LogP contribution < -0.4 is 10.6 Å². The molecule has 0 aromatic rings. The van der Waals surface area contributed by atoms with Gasteiger partial charge in [0.15, 0.2) is 0 Å². The lowest BCUT2D eigenvalue weighted by Crippen LogP contribution is -2.42. The first-order chi connectivity index (χ1) is 7.40. The van der Waals surface area contributed by atoms with E-state index in [1.165, 1.54) is 32.1 Å². The highest BCUT2D eigenvalue weighted by Crippen LogP contribution is 2.18. The van der Waals surface area contributed by atoms with Crippen molar-refractivity contribution >= 4 is 0 Å². The van der Waals surface area contributed by atoms with Gasteiger partial charge in [0.25, 0.3) is 0 Å². The van der Waals surface area contributed by atoms with E-state index in [0.29, 0.717) is 12.0 Å². The van der Waals surface area contributed by atoms with E-state index in [0.717, 1.165) is 25.8 Å². The Morgan fingerprint density at radius 3 is 2.67 bits per heavy atom. The summed E-state index contributed by atoms with van der Waals surface area (Å²) >= 11 is 0. The molecule has 3 heteroatoms. The molecule has 2 unspecified atom stereocenters. The summed E-state index contributed by atoms with van der Waals surface area (Å²) in [7, 11) is 2.03. The molecule has 1 aliphatic carbocycles. The highest BCUT2D eigenvalue weighted by atomic mass is 16.5. The summed E-state index contributed by atoms with van der Waals surface area (Å²) in [5, 5.41) is 7.04. The smallest absolute Gasteiger partial charge is 0.0623 e. The van der Waals surface area contributed by atoms with Gasteiger partial charge in [-0.2, -0.15) is 0 Å². The van der Waals surface area contributed by atoms with Gasteiger partial charge in [-0.3, -0.25) is 0 Å². The number of nitrogens with one attached hydrogen (secondary N) is 2. The second-order valence-electron chi connectivity index (χ2n) is 4.94. The molecule has 0 amide bonds. The van der Waals surface area contributed by atoms with E-state index in [9.17, 15) is 0 Å². The molecule has 0 spiro atoms. The molecule has 1 aliphatic heterocycles.